The number of benzene rings is 1. The lowest BCUT2D eigenvalue weighted by Gasteiger charge is -2.00. The van der Waals surface area contributed by atoms with E-state index in [9.17, 15) is 9.18 Å². The van der Waals surface area contributed by atoms with Crippen LogP contribution in [0.4, 0.5) is 4.39 Å². The number of hydrogen-bond donors (Lipinski definition) is 1. The topological polar surface area (TPSA) is 63.3 Å². The van der Waals surface area contributed by atoms with Crippen LogP contribution in [0.3, 0.4) is 0 Å². The summed E-state index contributed by atoms with van der Waals surface area (Å²) in [5.41, 5.74) is 0.465. The molecule has 0 unspecified atom stereocenters. The van der Waals surface area contributed by atoms with E-state index in [1.54, 1.807) is 6.07 Å². The van der Waals surface area contributed by atoms with Gasteiger partial charge >= 0.3 is 5.97 Å². The van der Waals surface area contributed by atoms with Gasteiger partial charge in [-0.1, -0.05) is 19.4 Å². The highest BCUT2D eigenvalue weighted by atomic mass is 79.9. The Morgan fingerprint density at radius 2 is 2.26 bits per heavy atom. The SMILES string of the molecule is CCCc1nc(-c2c(F)cccc2Br)oc1C(=O)O. The van der Waals surface area contributed by atoms with Crippen LogP contribution in [0.5, 0.6) is 0 Å². The Kier molecular flexibility index (Phi) is 3.99. The molecule has 19 heavy (non-hydrogen) atoms. The first kappa shape index (κ1) is 13.7. The van der Waals surface area contributed by atoms with E-state index in [2.05, 4.69) is 20.9 Å². The quantitative estimate of drug-likeness (QED) is 0.925. The van der Waals surface area contributed by atoms with Gasteiger partial charge < -0.3 is 9.52 Å². The molecule has 1 N–H and O–H groups in total. The molecule has 1 aromatic carbocycles. The molecule has 2 rings (SSSR count). The van der Waals surface area contributed by atoms with Crippen LogP contribution in [-0.2, 0) is 6.42 Å². The Hall–Kier alpha value is -1.69. The second-order valence-electron chi connectivity index (χ2n) is 3.95. The summed E-state index contributed by atoms with van der Waals surface area (Å²) in [6, 6.07) is 4.45. The predicted molar refractivity (Wildman–Crippen MR) is 70.6 cm³/mol. The molecular weight excluding hydrogens is 317 g/mol. The Morgan fingerprint density at radius 3 is 2.84 bits per heavy atom. The Labute approximate surface area is 117 Å². The molecule has 0 saturated carbocycles. The van der Waals surface area contributed by atoms with Crippen LogP contribution in [0, 0.1) is 5.82 Å². The van der Waals surface area contributed by atoms with E-state index in [1.165, 1.54) is 12.1 Å². The van der Waals surface area contributed by atoms with E-state index in [1.807, 2.05) is 6.92 Å². The van der Waals surface area contributed by atoms with E-state index in [0.717, 1.165) is 6.42 Å². The number of halogens is 2. The molecule has 4 nitrogen and oxygen atoms in total. The molecule has 0 bridgehead atoms. The fraction of sp³-hybridized carbons (Fsp3) is 0.231. The summed E-state index contributed by atoms with van der Waals surface area (Å²) in [6.45, 7) is 1.90. The minimum absolute atomic E-state index is 0.0224. The van der Waals surface area contributed by atoms with E-state index < -0.39 is 11.8 Å². The van der Waals surface area contributed by atoms with Crippen LogP contribution in [0.15, 0.2) is 27.1 Å². The fourth-order valence-corrected chi connectivity index (χ4v) is 2.25. The standard InChI is InChI=1S/C13H11BrFNO3/c1-2-4-9-11(13(17)18)19-12(16-9)10-7(14)5-3-6-8(10)15/h3,5-6H,2,4H2,1H3,(H,17,18). The highest BCUT2D eigenvalue weighted by molar-refractivity contribution is 9.10. The predicted octanol–water partition coefficient (Wildman–Crippen LogP) is 3.89. The van der Waals surface area contributed by atoms with Gasteiger partial charge in [0.15, 0.2) is 0 Å². The van der Waals surface area contributed by atoms with Crippen LogP contribution in [0.1, 0.15) is 29.6 Å². The molecule has 6 heteroatoms. The van der Waals surface area contributed by atoms with Gasteiger partial charge in [0.1, 0.15) is 5.82 Å². The number of aromatic carboxylic acids is 1. The Morgan fingerprint density at radius 1 is 1.53 bits per heavy atom. The van der Waals surface area contributed by atoms with Crippen LogP contribution in [-0.4, -0.2) is 16.1 Å². The third-order valence-corrected chi connectivity index (χ3v) is 3.22. The van der Waals surface area contributed by atoms with Crippen molar-refractivity contribution in [2.75, 3.05) is 0 Å². The number of carboxylic acids is 1. The minimum Gasteiger partial charge on any atom is -0.475 e. The molecule has 2 aromatic rings. The molecule has 0 spiro atoms. The van der Waals surface area contributed by atoms with Gasteiger partial charge in [-0.2, -0.15) is 0 Å². The number of rotatable bonds is 4. The maximum atomic E-state index is 13.8. The average molecular weight is 328 g/mol. The first-order chi connectivity index (χ1) is 9.04. The summed E-state index contributed by atoms with van der Waals surface area (Å²) >= 11 is 3.21. The fourth-order valence-electron chi connectivity index (χ4n) is 1.73. The van der Waals surface area contributed by atoms with E-state index >= 15 is 0 Å². The van der Waals surface area contributed by atoms with Crippen molar-refractivity contribution in [1.29, 1.82) is 0 Å². The first-order valence-corrected chi connectivity index (χ1v) is 6.51. The molecular formula is C13H11BrFNO3. The second-order valence-corrected chi connectivity index (χ2v) is 4.80. The molecule has 0 amide bonds. The van der Waals surface area contributed by atoms with Crippen molar-refractivity contribution in [2.45, 2.75) is 19.8 Å². The van der Waals surface area contributed by atoms with Gasteiger partial charge in [0.05, 0.1) is 11.3 Å². The monoisotopic (exact) mass is 327 g/mol. The van der Waals surface area contributed by atoms with E-state index in [4.69, 9.17) is 9.52 Å². The molecule has 0 atom stereocenters. The Bertz CT molecular complexity index is 604. The molecule has 100 valence electrons. The highest BCUT2D eigenvalue weighted by Gasteiger charge is 2.22. The van der Waals surface area contributed by atoms with Crippen molar-refractivity contribution < 1.29 is 18.7 Å². The summed E-state index contributed by atoms with van der Waals surface area (Å²) < 4.78 is 19.4. The van der Waals surface area contributed by atoms with Crippen molar-refractivity contribution in [1.82, 2.24) is 4.98 Å². The zero-order valence-electron chi connectivity index (χ0n) is 10.1. The van der Waals surface area contributed by atoms with Crippen LogP contribution in [0.2, 0.25) is 0 Å². The molecule has 0 aliphatic carbocycles. The summed E-state index contributed by atoms with van der Waals surface area (Å²) in [7, 11) is 0. The van der Waals surface area contributed by atoms with Gasteiger partial charge in [0, 0.05) is 4.47 Å². The molecule has 0 aliphatic heterocycles. The van der Waals surface area contributed by atoms with Crippen molar-refractivity contribution >= 4 is 21.9 Å². The van der Waals surface area contributed by atoms with Crippen molar-refractivity contribution in [3.8, 4) is 11.5 Å². The van der Waals surface area contributed by atoms with Crippen molar-refractivity contribution in [3.63, 3.8) is 0 Å². The van der Waals surface area contributed by atoms with Gasteiger partial charge in [0.25, 0.3) is 0 Å². The lowest BCUT2D eigenvalue weighted by atomic mass is 10.2. The summed E-state index contributed by atoms with van der Waals surface area (Å²) in [4.78, 5) is 15.2. The third-order valence-electron chi connectivity index (χ3n) is 2.56. The van der Waals surface area contributed by atoms with Crippen molar-refractivity contribution in [2.24, 2.45) is 0 Å². The molecule has 0 aliphatic rings. The normalized spacial score (nSPS) is 10.7. The molecule has 0 fully saturated rings. The van der Waals surface area contributed by atoms with Crippen LogP contribution < -0.4 is 0 Å². The summed E-state index contributed by atoms with van der Waals surface area (Å²) in [5.74, 6) is -1.97. The van der Waals surface area contributed by atoms with Crippen LogP contribution >= 0.6 is 15.9 Å². The van der Waals surface area contributed by atoms with E-state index in [0.29, 0.717) is 16.6 Å². The number of nitrogens with zero attached hydrogens (tertiary/aromatic N) is 1. The zero-order chi connectivity index (χ0) is 14.0. The summed E-state index contributed by atoms with van der Waals surface area (Å²) in [5, 5.41) is 9.05. The number of oxazole rings is 1. The number of aryl methyl sites for hydroxylation is 1. The number of carbonyl (C=O) groups is 1. The van der Waals surface area contributed by atoms with Gasteiger partial charge in [-0.05, 0) is 34.5 Å². The van der Waals surface area contributed by atoms with Gasteiger partial charge in [0.2, 0.25) is 11.7 Å². The van der Waals surface area contributed by atoms with Gasteiger partial charge in [-0.3, -0.25) is 0 Å². The van der Waals surface area contributed by atoms with Crippen molar-refractivity contribution in [3.05, 3.63) is 39.9 Å². The second kappa shape index (κ2) is 5.52. The van der Waals surface area contributed by atoms with Gasteiger partial charge in [-0.25, -0.2) is 14.2 Å². The zero-order valence-corrected chi connectivity index (χ0v) is 11.7. The number of hydrogen-bond acceptors (Lipinski definition) is 3. The van der Waals surface area contributed by atoms with Crippen LogP contribution in [0.25, 0.3) is 11.5 Å². The van der Waals surface area contributed by atoms with E-state index in [-0.39, 0.29) is 17.2 Å². The summed E-state index contributed by atoms with van der Waals surface area (Å²) in [6.07, 6.45) is 1.20. The number of carboxylic acid groups (broad SMARTS) is 1. The maximum Gasteiger partial charge on any atom is 0.373 e. The van der Waals surface area contributed by atoms with Gasteiger partial charge in [-0.15, -0.1) is 0 Å². The molecule has 0 radical (unpaired) electrons. The molecule has 1 aromatic heterocycles. The molecule has 1 heterocycles. The number of aromatic nitrogens is 1. The largest absolute Gasteiger partial charge is 0.475 e. The highest BCUT2D eigenvalue weighted by Crippen LogP contribution is 2.31. The third kappa shape index (κ3) is 2.68. The average Bonchev–Trinajstić information content (AvgIpc) is 2.73. The minimum atomic E-state index is -1.20. The Balaban J connectivity index is 2.57. The first-order valence-electron chi connectivity index (χ1n) is 5.72. The maximum absolute atomic E-state index is 13.8. The molecule has 0 saturated heterocycles. The smallest absolute Gasteiger partial charge is 0.373 e. The lowest BCUT2D eigenvalue weighted by molar-refractivity contribution is 0.0661. The lowest BCUT2D eigenvalue weighted by Crippen LogP contribution is -1.99.